The number of methoxy groups -OCH3 is 1. The molecule has 0 atom stereocenters. The van der Waals surface area contributed by atoms with Gasteiger partial charge in [-0.05, 0) is 42.0 Å². The van der Waals surface area contributed by atoms with Crippen molar-refractivity contribution in [1.29, 1.82) is 0 Å². The molecule has 2 aromatic carbocycles. The van der Waals surface area contributed by atoms with Crippen molar-refractivity contribution >= 4 is 44.9 Å². The zero-order chi connectivity index (χ0) is 20.3. The van der Waals surface area contributed by atoms with Crippen LogP contribution < -0.4 is 5.14 Å². The number of primary sulfonamides is 1. The van der Waals surface area contributed by atoms with Gasteiger partial charge in [-0.25, -0.2) is 18.4 Å². The molecule has 1 aromatic heterocycles. The maximum atomic E-state index is 11.4. The Labute approximate surface area is 161 Å². The maximum absolute atomic E-state index is 11.4. The lowest BCUT2D eigenvalue weighted by molar-refractivity contribution is -0.134. The summed E-state index contributed by atoms with van der Waals surface area (Å²) in [7, 11) is -2.49. The van der Waals surface area contributed by atoms with E-state index in [1.807, 2.05) is 0 Å². The highest BCUT2D eigenvalue weighted by atomic mass is 32.2. The third-order valence-corrected chi connectivity index (χ3v) is 4.91. The van der Waals surface area contributed by atoms with Crippen LogP contribution >= 0.6 is 0 Å². The summed E-state index contributed by atoms with van der Waals surface area (Å²) in [5, 5.41) is 16.0. The predicted molar refractivity (Wildman–Crippen MR) is 106 cm³/mol. The van der Waals surface area contributed by atoms with E-state index in [0.717, 1.165) is 0 Å². The fourth-order valence-electron chi connectivity index (χ4n) is 2.64. The number of nitrogens with zero attached hydrogens (tertiary/aromatic N) is 1. The molecule has 0 aliphatic heterocycles. The largest absolute Gasteiger partial charge is 0.494 e. The second-order valence-electron chi connectivity index (χ2n) is 5.81. The second kappa shape index (κ2) is 7.67. The van der Waals surface area contributed by atoms with Gasteiger partial charge in [-0.1, -0.05) is 12.1 Å². The van der Waals surface area contributed by atoms with Crippen LogP contribution in [0.15, 0.2) is 58.4 Å². The Morgan fingerprint density at radius 3 is 2.57 bits per heavy atom. The summed E-state index contributed by atoms with van der Waals surface area (Å²) in [6, 6.07) is 11.0. The summed E-state index contributed by atoms with van der Waals surface area (Å²) in [6.07, 6.45) is 4.32. The molecule has 0 amide bonds. The molecular formula is C19H17N3O5S. The Kier molecular flexibility index (Phi) is 5.30. The average molecular weight is 399 g/mol. The van der Waals surface area contributed by atoms with Gasteiger partial charge in [0.2, 0.25) is 10.0 Å². The van der Waals surface area contributed by atoms with Crippen molar-refractivity contribution in [3.8, 4) is 5.88 Å². The summed E-state index contributed by atoms with van der Waals surface area (Å²) in [5.41, 5.74) is 2.25. The van der Waals surface area contributed by atoms with Crippen LogP contribution in [-0.4, -0.2) is 37.8 Å². The highest BCUT2D eigenvalue weighted by molar-refractivity contribution is 7.89. The number of H-pyrrole nitrogens is 1. The summed E-state index contributed by atoms with van der Waals surface area (Å²) >= 11 is 0. The first kappa shape index (κ1) is 19.3. The van der Waals surface area contributed by atoms with E-state index in [4.69, 9.17) is 5.14 Å². The minimum Gasteiger partial charge on any atom is -0.494 e. The summed E-state index contributed by atoms with van der Waals surface area (Å²) < 4.78 is 27.2. The van der Waals surface area contributed by atoms with Gasteiger partial charge < -0.3 is 14.8 Å². The van der Waals surface area contributed by atoms with Gasteiger partial charge in [0.25, 0.3) is 0 Å². The molecule has 0 saturated carbocycles. The molecule has 8 nitrogen and oxygen atoms in total. The molecule has 1 heterocycles. The van der Waals surface area contributed by atoms with Crippen LogP contribution in [-0.2, 0) is 19.6 Å². The van der Waals surface area contributed by atoms with Gasteiger partial charge in [-0.2, -0.15) is 0 Å². The monoisotopic (exact) mass is 399 g/mol. The van der Waals surface area contributed by atoms with E-state index in [9.17, 15) is 18.3 Å². The molecule has 0 bridgehead atoms. The number of fused-ring (bicyclic) bond motifs is 1. The van der Waals surface area contributed by atoms with E-state index in [1.54, 1.807) is 24.3 Å². The lowest BCUT2D eigenvalue weighted by Crippen LogP contribution is -2.11. The van der Waals surface area contributed by atoms with Crippen molar-refractivity contribution in [3.63, 3.8) is 0 Å². The number of aliphatic imine (C=N–C) groups is 1. The predicted octanol–water partition coefficient (Wildman–Crippen LogP) is 2.46. The number of hydrogen-bond acceptors (Lipinski definition) is 6. The number of rotatable bonds is 5. The molecule has 0 fully saturated rings. The first-order valence-electron chi connectivity index (χ1n) is 8.06. The Morgan fingerprint density at radius 1 is 1.21 bits per heavy atom. The van der Waals surface area contributed by atoms with Gasteiger partial charge >= 0.3 is 5.97 Å². The normalized spacial score (nSPS) is 12.2. The van der Waals surface area contributed by atoms with Gasteiger partial charge in [-0.15, -0.1) is 0 Å². The molecule has 0 aliphatic rings. The molecular weight excluding hydrogens is 382 g/mol. The van der Waals surface area contributed by atoms with Gasteiger partial charge in [0.1, 0.15) is 0 Å². The Bertz CT molecular complexity index is 1190. The standard InChI is InChI=1S/C19H17N3O5S/c1-27-17(23)10-5-12-3-2-4-16-18(12)15(19(24)22-16)11-21-13-6-8-14(9-7-13)28(20,25)26/h2-11,22,24H,1H3,(H2,20,25,26). The first-order valence-corrected chi connectivity index (χ1v) is 9.61. The highest BCUT2D eigenvalue weighted by Crippen LogP contribution is 2.30. The number of aromatic hydroxyl groups is 1. The number of aromatic nitrogens is 1. The molecule has 28 heavy (non-hydrogen) atoms. The Balaban J connectivity index is 2.01. The number of aromatic amines is 1. The number of carbonyl (C=O) groups is 1. The molecule has 0 unspecified atom stereocenters. The lowest BCUT2D eigenvalue weighted by atomic mass is 10.1. The second-order valence-corrected chi connectivity index (χ2v) is 7.37. The summed E-state index contributed by atoms with van der Waals surface area (Å²) in [4.78, 5) is 18.5. The van der Waals surface area contributed by atoms with Crippen LogP contribution in [0.1, 0.15) is 11.1 Å². The number of benzene rings is 2. The van der Waals surface area contributed by atoms with E-state index in [2.05, 4.69) is 14.7 Å². The van der Waals surface area contributed by atoms with Crippen LogP contribution in [0.4, 0.5) is 5.69 Å². The van der Waals surface area contributed by atoms with E-state index in [1.165, 1.54) is 43.7 Å². The topological polar surface area (TPSA) is 135 Å². The van der Waals surface area contributed by atoms with Crippen LogP contribution in [0.2, 0.25) is 0 Å². The lowest BCUT2D eigenvalue weighted by Gasteiger charge is -2.00. The minimum atomic E-state index is -3.78. The van der Waals surface area contributed by atoms with E-state index < -0.39 is 16.0 Å². The molecule has 3 aromatic rings. The van der Waals surface area contributed by atoms with Gasteiger partial charge in [-0.3, -0.25) is 4.99 Å². The van der Waals surface area contributed by atoms with Crippen molar-refractivity contribution in [2.24, 2.45) is 10.1 Å². The molecule has 0 radical (unpaired) electrons. The highest BCUT2D eigenvalue weighted by Gasteiger charge is 2.12. The van der Waals surface area contributed by atoms with Crippen molar-refractivity contribution < 1.29 is 23.1 Å². The zero-order valence-electron chi connectivity index (χ0n) is 14.8. The number of nitrogens with one attached hydrogen (secondary N) is 1. The smallest absolute Gasteiger partial charge is 0.330 e. The SMILES string of the molecule is COC(=O)C=Cc1cccc2[nH]c(O)c(C=Nc3ccc(S(N)(=O)=O)cc3)c12. The summed E-state index contributed by atoms with van der Waals surface area (Å²) in [6.45, 7) is 0. The zero-order valence-corrected chi connectivity index (χ0v) is 15.6. The van der Waals surface area contributed by atoms with E-state index in [-0.39, 0.29) is 10.8 Å². The number of hydrogen-bond donors (Lipinski definition) is 3. The van der Waals surface area contributed by atoms with Gasteiger partial charge in [0.15, 0.2) is 5.88 Å². The third-order valence-electron chi connectivity index (χ3n) is 3.98. The minimum absolute atomic E-state index is 0.0170. The van der Waals surface area contributed by atoms with Crippen molar-refractivity contribution in [3.05, 3.63) is 59.7 Å². The van der Waals surface area contributed by atoms with Crippen LogP contribution in [0.25, 0.3) is 17.0 Å². The van der Waals surface area contributed by atoms with Crippen molar-refractivity contribution in [2.75, 3.05) is 7.11 Å². The van der Waals surface area contributed by atoms with Gasteiger partial charge in [0, 0.05) is 23.2 Å². The summed E-state index contributed by atoms with van der Waals surface area (Å²) in [5.74, 6) is -0.583. The molecule has 4 N–H and O–H groups in total. The molecule has 0 spiro atoms. The van der Waals surface area contributed by atoms with Crippen molar-refractivity contribution in [2.45, 2.75) is 4.90 Å². The first-order chi connectivity index (χ1) is 13.3. The molecule has 9 heteroatoms. The maximum Gasteiger partial charge on any atom is 0.330 e. The molecule has 144 valence electrons. The quantitative estimate of drug-likeness (QED) is 0.344. The number of carbonyl (C=O) groups excluding carboxylic acids is 1. The van der Waals surface area contributed by atoms with E-state index >= 15 is 0 Å². The molecule has 0 saturated heterocycles. The fraction of sp³-hybridized carbons (Fsp3) is 0.0526. The molecule has 3 rings (SSSR count). The number of nitrogens with two attached hydrogens (primary N) is 1. The number of esters is 1. The van der Waals surface area contributed by atoms with Crippen molar-refractivity contribution in [1.82, 2.24) is 4.98 Å². The Hall–Kier alpha value is -3.43. The third kappa shape index (κ3) is 4.11. The number of sulfonamides is 1. The van der Waals surface area contributed by atoms with E-state index in [0.29, 0.717) is 27.7 Å². The fourth-order valence-corrected chi connectivity index (χ4v) is 3.16. The molecule has 0 aliphatic carbocycles. The number of ether oxygens (including phenoxy) is 1. The van der Waals surface area contributed by atoms with Crippen LogP contribution in [0, 0.1) is 0 Å². The van der Waals surface area contributed by atoms with Crippen LogP contribution in [0.3, 0.4) is 0 Å². The van der Waals surface area contributed by atoms with Crippen LogP contribution in [0.5, 0.6) is 5.88 Å². The average Bonchev–Trinajstić information content (AvgIpc) is 2.99. The van der Waals surface area contributed by atoms with Gasteiger partial charge in [0.05, 0.1) is 23.3 Å². The Morgan fingerprint density at radius 2 is 1.93 bits per heavy atom.